The summed E-state index contributed by atoms with van der Waals surface area (Å²) in [4.78, 5) is 38.2. The number of nitrogens with one attached hydrogen (secondary N) is 1. The van der Waals surface area contributed by atoms with Gasteiger partial charge in [0.2, 0.25) is 0 Å². The van der Waals surface area contributed by atoms with Crippen LogP contribution in [0, 0.1) is 5.41 Å². The number of hydrogen-bond donors (Lipinski definition) is 1. The van der Waals surface area contributed by atoms with E-state index >= 15 is 0 Å². The lowest BCUT2D eigenvalue weighted by Gasteiger charge is -2.36. The average Bonchev–Trinajstić information content (AvgIpc) is 3.82. The summed E-state index contributed by atoms with van der Waals surface area (Å²) in [7, 11) is 0. The van der Waals surface area contributed by atoms with Crippen molar-refractivity contribution in [3.63, 3.8) is 0 Å². The number of anilines is 2. The van der Waals surface area contributed by atoms with Crippen LogP contribution in [0.25, 0.3) is 11.1 Å². The zero-order chi connectivity index (χ0) is 38.5. The number of piperazine rings is 1. The maximum absolute atomic E-state index is 13.9. The van der Waals surface area contributed by atoms with Crippen molar-refractivity contribution in [1.82, 2.24) is 14.8 Å². The SMILES string of the molecule is CC(C)(C)CCOCCOCCOCCOCCN1CCN(c2ccc(-c3ccc4c(c3)C(=O)N(C(C(=O)Nc3nccs3)c3ccccc3)C4)cc2)CC1. The summed E-state index contributed by atoms with van der Waals surface area (Å²) in [5.74, 6) is -0.437. The van der Waals surface area contributed by atoms with Gasteiger partial charge in [-0.2, -0.15) is 0 Å². The van der Waals surface area contributed by atoms with Gasteiger partial charge in [0, 0.05) is 68.7 Å². The van der Waals surface area contributed by atoms with Crippen molar-refractivity contribution >= 4 is 34.0 Å². The molecule has 6 rings (SSSR count). The summed E-state index contributed by atoms with van der Waals surface area (Å²) in [6, 6.07) is 23.3. The molecule has 2 amide bonds. The Morgan fingerprint density at radius 1 is 0.800 bits per heavy atom. The molecule has 11 nitrogen and oxygen atoms in total. The fourth-order valence-electron chi connectivity index (χ4n) is 6.71. The lowest BCUT2D eigenvalue weighted by molar-refractivity contribution is -0.120. The Balaban J connectivity index is 0.900. The van der Waals surface area contributed by atoms with E-state index in [9.17, 15) is 9.59 Å². The highest BCUT2D eigenvalue weighted by Crippen LogP contribution is 2.35. The van der Waals surface area contributed by atoms with Crippen molar-refractivity contribution in [1.29, 1.82) is 0 Å². The van der Waals surface area contributed by atoms with E-state index in [4.69, 9.17) is 18.9 Å². The fraction of sp³-hybridized carbons (Fsp3) is 0.465. The van der Waals surface area contributed by atoms with Crippen LogP contribution in [-0.4, -0.2) is 112 Å². The second-order valence-corrected chi connectivity index (χ2v) is 16.0. The number of ether oxygens (including phenoxy) is 4. The van der Waals surface area contributed by atoms with Crippen molar-refractivity contribution in [2.75, 3.05) is 95.8 Å². The van der Waals surface area contributed by atoms with E-state index in [1.807, 2.05) is 47.8 Å². The molecule has 3 heterocycles. The zero-order valence-electron chi connectivity index (χ0n) is 32.4. The molecule has 0 saturated carbocycles. The number of hydrogen-bond acceptors (Lipinski definition) is 10. The first-order valence-electron chi connectivity index (χ1n) is 19.3. The van der Waals surface area contributed by atoms with Crippen LogP contribution in [0.2, 0.25) is 0 Å². The predicted molar refractivity (Wildman–Crippen MR) is 218 cm³/mol. The number of fused-ring (bicyclic) bond motifs is 1. The molecule has 1 atom stereocenters. The summed E-state index contributed by atoms with van der Waals surface area (Å²) in [6.07, 6.45) is 2.69. The number of carbonyl (C=O) groups is 2. The summed E-state index contributed by atoms with van der Waals surface area (Å²) in [5.41, 5.74) is 5.80. The molecule has 55 heavy (non-hydrogen) atoms. The van der Waals surface area contributed by atoms with Crippen LogP contribution < -0.4 is 10.2 Å². The van der Waals surface area contributed by atoms with Crippen molar-refractivity contribution in [3.8, 4) is 11.1 Å². The van der Waals surface area contributed by atoms with Gasteiger partial charge < -0.3 is 28.7 Å². The normalized spacial score (nSPS) is 15.4. The summed E-state index contributed by atoms with van der Waals surface area (Å²) < 4.78 is 22.6. The Bertz CT molecular complexity index is 1780. The minimum absolute atomic E-state index is 0.155. The largest absolute Gasteiger partial charge is 0.379 e. The third-order valence-electron chi connectivity index (χ3n) is 9.88. The molecule has 1 saturated heterocycles. The van der Waals surface area contributed by atoms with E-state index in [-0.39, 0.29) is 11.8 Å². The van der Waals surface area contributed by atoms with Crippen LogP contribution >= 0.6 is 11.3 Å². The first-order valence-corrected chi connectivity index (χ1v) is 20.2. The number of benzene rings is 3. The molecule has 0 bridgehead atoms. The predicted octanol–water partition coefficient (Wildman–Crippen LogP) is 6.77. The number of amides is 2. The smallest absolute Gasteiger partial charge is 0.255 e. The van der Waals surface area contributed by atoms with E-state index in [1.165, 1.54) is 17.0 Å². The van der Waals surface area contributed by atoms with Crippen LogP contribution in [0.5, 0.6) is 0 Å². The minimum Gasteiger partial charge on any atom is -0.379 e. The van der Waals surface area contributed by atoms with E-state index in [2.05, 4.69) is 71.2 Å². The van der Waals surface area contributed by atoms with Gasteiger partial charge in [-0.05, 0) is 52.3 Å². The van der Waals surface area contributed by atoms with E-state index < -0.39 is 6.04 Å². The van der Waals surface area contributed by atoms with Crippen LogP contribution in [0.3, 0.4) is 0 Å². The Morgan fingerprint density at radius 3 is 2.07 bits per heavy atom. The van der Waals surface area contributed by atoms with Crippen molar-refractivity contribution in [2.24, 2.45) is 5.41 Å². The number of aromatic nitrogens is 1. The van der Waals surface area contributed by atoms with Crippen LogP contribution in [-0.2, 0) is 30.3 Å². The maximum atomic E-state index is 13.9. The lowest BCUT2D eigenvalue weighted by atomic mass is 9.93. The molecule has 294 valence electrons. The van der Waals surface area contributed by atoms with Gasteiger partial charge in [-0.1, -0.05) is 75.4 Å². The van der Waals surface area contributed by atoms with Gasteiger partial charge in [0.1, 0.15) is 6.04 Å². The first-order chi connectivity index (χ1) is 26.7. The summed E-state index contributed by atoms with van der Waals surface area (Å²) in [6.45, 7) is 16.7. The molecule has 3 aromatic carbocycles. The highest BCUT2D eigenvalue weighted by molar-refractivity contribution is 7.13. The van der Waals surface area contributed by atoms with E-state index in [1.54, 1.807) is 11.1 Å². The molecule has 4 aromatic rings. The molecule has 0 radical (unpaired) electrons. The molecule has 0 spiro atoms. The van der Waals surface area contributed by atoms with Crippen LogP contribution in [0.4, 0.5) is 10.8 Å². The van der Waals surface area contributed by atoms with Crippen LogP contribution in [0.1, 0.15) is 54.7 Å². The molecule has 2 aliphatic rings. The highest BCUT2D eigenvalue weighted by Gasteiger charge is 2.38. The van der Waals surface area contributed by atoms with Crippen molar-refractivity contribution in [3.05, 3.63) is 101 Å². The summed E-state index contributed by atoms with van der Waals surface area (Å²) >= 11 is 1.35. The Hall–Kier alpha value is -4.17. The second kappa shape index (κ2) is 20.1. The molecule has 1 fully saturated rings. The molecule has 0 aliphatic carbocycles. The number of thiazole rings is 1. The number of carbonyl (C=O) groups excluding carboxylic acids is 2. The number of nitrogens with zero attached hydrogens (tertiary/aromatic N) is 4. The third kappa shape index (κ3) is 11.9. The van der Waals surface area contributed by atoms with Gasteiger partial charge in [-0.25, -0.2) is 4.98 Å². The van der Waals surface area contributed by atoms with Gasteiger partial charge >= 0.3 is 0 Å². The van der Waals surface area contributed by atoms with Gasteiger partial charge in [-0.15, -0.1) is 11.3 Å². The van der Waals surface area contributed by atoms with Gasteiger partial charge in [-0.3, -0.25) is 19.8 Å². The summed E-state index contributed by atoms with van der Waals surface area (Å²) in [5, 5.41) is 5.21. The monoisotopic (exact) mass is 769 g/mol. The number of rotatable bonds is 20. The van der Waals surface area contributed by atoms with Crippen molar-refractivity contribution < 1.29 is 28.5 Å². The molecular formula is C43H55N5O6S. The Labute approximate surface area is 329 Å². The molecule has 2 aliphatic heterocycles. The molecule has 12 heteroatoms. The van der Waals surface area contributed by atoms with Gasteiger partial charge in [0.15, 0.2) is 5.13 Å². The molecule has 1 N–H and O–H groups in total. The van der Waals surface area contributed by atoms with Crippen molar-refractivity contribution in [2.45, 2.75) is 39.8 Å². The minimum atomic E-state index is -0.781. The third-order valence-corrected chi connectivity index (χ3v) is 10.6. The van der Waals surface area contributed by atoms with E-state index in [0.29, 0.717) is 68.9 Å². The highest BCUT2D eigenvalue weighted by atomic mass is 32.1. The Morgan fingerprint density at radius 2 is 1.44 bits per heavy atom. The van der Waals surface area contributed by atoms with Gasteiger partial charge in [0.05, 0.1) is 46.2 Å². The average molecular weight is 770 g/mol. The van der Waals surface area contributed by atoms with E-state index in [0.717, 1.165) is 68.0 Å². The molecule has 1 aromatic heterocycles. The second-order valence-electron chi connectivity index (χ2n) is 15.1. The zero-order valence-corrected chi connectivity index (χ0v) is 33.2. The lowest BCUT2D eigenvalue weighted by Crippen LogP contribution is -2.47. The standard InChI is InChI=1S/C43H55N5O6S/c1-43(2,3)15-22-51-24-26-53-28-29-54-27-25-52-23-21-46-17-19-47(20-18-46)37-13-11-33(12-14-37)35-9-10-36-32-48(41(50)38(36)31-35)39(34-7-5-4-6-8-34)40(49)45-42-44-16-30-55-42/h4-14,16,30-31,39H,15,17-29,32H2,1-3H3,(H,44,45,49). The molecular weight excluding hydrogens is 715 g/mol. The first kappa shape index (κ1) is 40.5. The Kier molecular flexibility index (Phi) is 14.8. The van der Waals surface area contributed by atoms with Crippen LogP contribution in [0.15, 0.2) is 84.4 Å². The molecule has 1 unspecified atom stereocenters. The fourth-order valence-corrected chi connectivity index (χ4v) is 7.24. The quantitative estimate of drug-likeness (QED) is 0.0976. The topological polar surface area (TPSA) is 106 Å². The van der Waals surface area contributed by atoms with Gasteiger partial charge in [0.25, 0.3) is 11.8 Å². The maximum Gasteiger partial charge on any atom is 0.255 e.